The van der Waals surface area contributed by atoms with E-state index in [1.807, 2.05) is 140 Å². The van der Waals surface area contributed by atoms with Crippen molar-refractivity contribution in [2.45, 2.75) is 0 Å². The smallest absolute Gasteiger partial charge is 0.180 e. The number of aliphatic imine (C=N–C) groups is 1. The molecular weight excluding hydrogens is 1480 g/mol. The lowest BCUT2D eigenvalue weighted by Gasteiger charge is -2.10. The Bertz CT molecular complexity index is 7830. The van der Waals surface area contributed by atoms with Crippen LogP contribution < -0.4 is 0 Å². The predicted molar refractivity (Wildman–Crippen MR) is 474 cm³/mol. The maximum absolute atomic E-state index is 9.86. The molecular formula is C98H56N10O2S4. The Morgan fingerprint density at radius 3 is 1.45 bits per heavy atom. The minimum atomic E-state index is -0.0266. The van der Waals surface area contributed by atoms with Gasteiger partial charge in [0.2, 0.25) is 0 Å². The minimum Gasteiger partial charge on any atom is -0.454 e. The highest BCUT2D eigenvalue weighted by atomic mass is 32.1. The molecule has 13 aromatic carbocycles. The number of nitrogens with zero attached hydrogens (tertiary/aromatic N) is 9. The average molecular weight is 1530 g/mol. The van der Waals surface area contributed by atoms with Crippen molar-refractivity contribution >= 4 is 172 Å². The fourth-order valence-corrected chi connectivity index (χ4v) is 20.3. The van der Waals surface area contributed by atoms with Gasteiger partial charge in [-0.05, 0) is 84.4 Å². The van der Waals surface area contributed by atoms with Crippen LogP contribution in [0, 0.1) is 5.41 Å². The van der Waals surface area contributed by atoms with Gasteiger partial charge >= 0.3 is 0 Å². The van der Waals surface area contributed by atoms with Gasteiger partial charge < -0.3 is 8.83 Å². The Morgan fingerprint density at radius 1 is 0.342 bits per heavy atom. The zero-order valence-corrected chi connectivity index (χ0v) is 63.6. The van der Waals surface area contributed by atoms with Gasteiger partial charge in [-0.15, -0.1) is 45.3 Å². The molecule has 0 amide bonds. The van der Waals surface area contributed by atoms with Crippen LogP contribution in [0.1, 0.15) is 21.8 Å². The summed E-state index contributed by atoms with van der Waals surface area (Å²) in [6.45, 7) is 8.91. The van der Waals surface area contributed by atoms with E-state index in [0.29, 0.717) is 85.8 Å². The second-order valence-corrected chi connectivity index (χ2v) is 32.2. The quantitative estimate of drug-likeness (QED) is 0.0818. The monoisotopic (exact) mass is 1530 g/mol. The van der Waals surface area contributed by atoms with Crippen molar-refractivity contribution in [1.29, 1.82) is 5.41 Å². The summed E-state index contributed by atoms with van der Waals surface area (Å²) in [7, 11) is 0. The summed E-state index contributed by atoms with van der Waals surface area (Å²) in [4.78, 5) is 48.1. The molecule has 9 heterocycles. The van der Waals surface area contributed by atoms with Gasteiger partial charge in [-0.1, -0.05) is 244 Å². The van der Waals surface area contributed by atoms with E-state index in [-0.39, 0.29) is 5.84 Å². The third-order valence-corrected chi connectivity index (χ3v) is 25.7. The van der Waals surface area contributed by atoms with Gasteiger partial charge in [0.05, 0.1) is 0 Å². The molecule has 22 aromatic rings. The summed E-state index contributed by atoms with van der Waals surface area (Å²) < 4.78 is 21.8. The van der Waals surface area contributed by atoms with Crippen LogP contribution in [0.25, 0.3) is 217 Å². The van der Waals surface area contributed by atoms with Gasteiger partial charge in [0.1, 0.15) is 28.1 Å². The van der Waals surface area contributed by atoms with Crippen LogP contribution in [-0.2, 0) is 0 Å². The molecule has 114 heavy (non-hydrogen) atoms. The number of thiophene rings is 4. The number of aromatic nitrogens is 8. The van der Waals surface area contributed by atoms with Crippen molar-refractivity contribution < 1.29 is 8.83 Å². The van der Waals surface area contributed by atoms with E-state index in [1.165, 1.54) is 19.5 Å². The van der Waals surface area contributed by atoms with Crippen molar-refractivity contribution in [3.8, 4) is 102 Å². The maximum Gasteiger partial charge on any atom is 0.180 e. The second kappa shape index (κ2) is 27.0. The Balaban J connectivity index is 0.608. The SMILES string of the molecule is C=Cc1c(C(=C)C(=N)/N=C(/c2ccccc2)c2cc3cccc(-c4cccc(-c5nc(-c6cccc7sc8cc(-c9nc(-c%10ccccc%10)nc(-c%10cccc%11sc%12ccccc%12c%10%11)n9)ccc8c67)nc6c5oc5ccccc56)c4)c3o2)sc2ccc(-c3nc(-c4ccccc4)nc(-c4cccc5sc6ccccc6c45)n3)cc12. The molecule has 16 heteroatoms. The fraction of sp³-hybridized carbons (Fsp3) is 0. The van der Waals surface area contributed by atoms with Crippen LogP contribution in [-0.4, -0.2) is 51.4 Å². The van der Waals surface area contributed by atoms with E-state index in [9.17, 15) is 5.41 Å². The molecule has 12 nitrogen and oxygen atoms in total. The fourth-order valence-electron chi connectivity index (χ4n) is 15.7. The molecule has 0 unspecified atom stereocenters. The number of para-hydroxylation sites is 2. The molecule has 22 rings (SSSR count). The van der Waals surface area contributed by atoms with E-state index in [1.54, 1.807) is 45.3 Å². The molecule has 1 N–H and O–H groups in total. The molecule has 0 aliphatic carbocycles. The molecule has 0 saturated heterocycles. The first-order valence-electron chi connectivity index (χ1n) is 37.1. The van der Waals surface area contributed by atoms with Crippen LogP contribution in [0.15, 0.2) is 330 Å². The van der Waals surface area contributed by atoms with Crippen molar-refractivity contribution in [1.82, 2.24) is 39.9 Å². The highest BCUT2D eigenvalue weighted by Crippen LogP contribution is 2.47. The third kappa shape index (κ3) is 11.3. The van der Waals surface area contributed by atoms with Crippen LogP contribution in [0.4, 0.5) is 0 Å². The average Bonchev–Trinajstić information content (AvgIpc) is 1.59. The Kier molecular flexibility index (Phi) is 15.8. The molecule has 0 bridgehead atoms. The van der Waals surface area contributed by atoms with Crippen LogP contribution in [0.3, 0.4) is 0 Å². The first-order valence-corrected chi connectivity index (χ1v) is 40.4. The number of amidine groups is 1. The topological polar surface area (TPSA) is 166 Å². The highest BCUT2D eigenvalue weighted by Gasteiger charge is 2.27. The second-order valence-electron chi connectivity index (χ2n) is 27.9. The van der Waals surface area contributed by atoms with E-state index < -0.39 is 0 Å². The number of benzene rings is 13. The van der Waals surface area contributed by atoms with E-state index >= 15 is 0 Å². The first kappa shape index (κ1) is 66.7. The molecule has 534 valence electrons. The van der Waals surface area contributed by atoms with Crippen molar-refractivity contribution in [2.24, 2.45) is 4.99 Å². The molecule has 0 atom stereocenters. The van der Waals surface area contributed by atoms with E-state index in [0.717, 1.165) is 134 Å². The summed E-state index contributed by atoms with van der Waals surface area (Å²) >= 11 is 6.80. The summed E-state index contributed by atoms with van der Waals surface area (Å²) in [5, 5.41) is 19.2. The van der Waals surface area contributed by atoms with Gasteiger partial charge in [0.15, 0.2) is 57.9 Å². The van der Waals surface area contributed by atoms with Crippen molar-refractivity contribution in [2.75, 3.05) is 0 Å². The minimum absolute atomic E-state index is 0.0266. The third-order valence-electron chi connectivity index (χ3n) is 21.1. The van der Waals surface area contributed by atoms with Gasteiger partial charge in [-0.2, -0.15) is 0 Å². The standard InChI is InChI=1S/C98H56N10O2S4/c1-3-63-72-51-61(94-103-92(56-26-9-5-10-27-56)105-97(107-94)70-38-22-43-78-82(70)66-34-14-17-41-75(66)111-78)47-49-77(72)114-90(63)54(2)91(99)100-85(55-24-7-4-8-25-55)74-52-60-32-20-36-64(88(60)110-74)58-30-19-31-59(50-58)86-89-87(65-33-13-16-40-73(65)109-89)102-96(101-86)69-37-21-45-80-84(69)68-48-46-62(53-81(68)113-80)95-104-93(57-28-11-6-12-29-57)106-98(108-95)71-39-23-44-79-83(71)67-35-15-18-42-76(67)112-79/h3-53,99H,1-2H2/b99-91?,100-85-. The molecule has 9 aromatic heterocycles. The Morgan fingerprint density at radius 2 is 0.816 bits per heavy atom. The molecule has 0 spiro atoms. The van der Waals surface area contributed by atoms with Gasteiger partial charge in [-0.25, -0.2) is 44.9 Å². The summed E-state index contributed by atoms with van der Waals surface area (Å²) in [5.74, 6) is 4.53. The van der Waals surface area contributed by atoms with Crippen LogP contribution in [0.5, 0.6) is 0 Å². The number of nitrogens with one attached hydrogen (secondary N) is 1. The molecule has 0 fully saturated rings. The van der Waals surface area contributed by atoms with E-state index in [2.05, 4.69) is 183 Å². The van der Waals surface area contributed by atoms with Crippen LogP contribution in [0.2, 0.25) is 0 Å². The zero-order valence-electron chi connectivity index (χ0n) is 60.3. The van der Waals surface area contributed by atoms with Crippen molar-refractivity contribution in [3.63, 3.8) is 0 Å². The lowest BCUT2D eigenvalue weighted by atomic mass is 9.99. The summed E-state index contributed by atoms with van der Waals surface area (Å²) in [5.41, 5.74) is 14.7. The van der Waals surface area contributed by atoms with Gasteiger partial charge in [-0.3, -0.25) is 5.41 Å². The predicted octanol–water partition coefficient (Wildman–Crippen LogP) is 27.0. The highest BCUT2D eigenvalue weighted by molar-refractivity contribution is 7.26. The van der Waals surface area contributed by atoms with Crippen LogP contribution >= 0.6 is 45.3 Å². The van der Waals surface area contributed by atoms with Crippen molar-refractivity contribution in [3.05, 3.63) is 338 Å². The van der Waals surface area contributed by atoms with Gasteiger partial charge in [0.25, 0.3) is 0 Å². The number of hydrogen-bond acceptors (Lipinski definition) is 15. The lowest BCUT2D eigenvalue weighted by Crippen LogP contribution is -2.07. The maximum atomic E-state index is 9.86. The number of fused-ring (bicyclic) bond motifs is 14. The number of furan rings is 2. The summed E-state index contributed by atoms with van der Waals surface area (Å²) in [6.07, 6.45) is 1.83. The molecule has 0 saturated carbocycles. The van der Waals surface area contributed by atoms with Gasteiger partial charge in [0, 0.05) is 153 Å². The normalized spacial score (nSPS) is 12.0. The van der Waals surface area contributed by atoms with E-state index in [4.69, 9.17) is 53.7 Å². The Labute approximate surface area is 666 Å². The summed E-state index contributed by atoms with van der Waals surface area (Å²) in [6, 6.07) is 103. The largest absolute Gasteiger partial charge is 0.454 e. The number of hydrogen-bond donors (Lipinski definition) is 1. The zero-order chi connectivity index (χ0) is 75.6. The number of rotatable bonds is 14. The lowest BCUT2D eigenvalue weighted by molar-refractivity contribution is 0.606. The molecule has 0 radical (unpaired) electrons. The Hall–Kier alpha value is -14.3. The first-order chi connectivity index (χ1) is 56.2. The molecule has 0 aliphatic rings. The molecule has 0 aliphatic heterocycles.